The Kier molecular flexibility index (Phi) is 9.69. The van der Waals surface area contributed by atoms with Crippen LogP contribution in [-0.4, -0.2) is 67.7 Å². The third kappa shape index (κ3) is 7.09. The molecule has 1 heterocycles. The van der Waals surface area contributed by atoms with Crippen LogP contribution in [0.3, 0.4) is 0 Å². The normalized spacial score (nSPS) is 23.0. The summed E-state index contributed by atoms with van der Waals surface area (Å²) in [5, 5.41) is 21.8. The number of aliphatic hydroxyl groups excluding tert-OH is 2. The van der Waals surface area contributed by atoms with E-state index in [4.69, 9.17) is 28.4 Å². The van der Waals surface area contributed by atoms with Crippen molar-refractivity contribution in [2.75, 3.05) is 20.8 Å². The van der Waals surface area contributed by atoms with Crippen LogP contribution >= 0.6 is 0 Å². The highest BCUT2D eigenvalue weighted by Crippen LogP contribution is 2.27. The van der Waals surface area contributed by atoms with E-state index in [1.807, 2.05) is 36.4 Å². The third-order valence-corrected chi connectivity index (χ3v) is 6.20. The van der Waals surface area contributed by atoms with Gasteiger partial charge in [0.2, 0.25) is 0 Å². The zero-order valence-electron chi connectivity index (χ0n) is 21.3. The molecule has 38 heavy (non-hydrogen) atoms. The Balaban J connectivity index is 1.44. The number of ether oxygens (including phenoxy) is 6. The predicted octanol–water partition coefficient (Wildman–Crippen LogP) is 3.11. The zero-order valence-corrected chi connectivity index (χ0v) is 21.3. The van der Waals surface area contributed by atoms with E-state index in [0.717, 1.165) is 16.9 Å². The second-order valence-electron chi connectivity index (χ2n) is 8.78. The summed E-state index contributed by atoms with van der Waals surface area (Å²) in [7, 11) is 3.18. The topological polar surface area (TPSA) is 113 Å². The minimum atomic E-state index is -1.58. The zero-order chi connectivity index (χ0) is 26.9. The summed E-state index contributed by atoms with van der Waals surface area (Å²) in [6.07, 6.45) is -6.10. The molecule has 2 N–H and O–H groups in total. The fourth-order valence-corrected chi connectivity index (χ4v) is 4.07. The molecule has 0 radical (unpaired) electrons. The average molecular weight is 525 g/mol. The minimum absolute atomic E-state index is 0.0206. The van der Waals surface area contributed by atoms with Crippen LogP contribution in [0.15, 0.2) is 78.9 Å². The van der Waals surface area contributed by atoms with Crippen molar-refractivity contribution in [1.82, 2.24) is 0 Å². The van der Waals surface area contributed by atoms with Crippen LogP contribution in [-0.2, 0) is 32.2 Å². The maximum Gasteiger partial charge on any atom is 0.338 e. The lowest BCUT2D eigenvalue weighted by Gasteiger charge is -2.42. The summed E-state index contributed by atoms with van der Waals surface area (Å²) < 4.78 is 33.4. The van der Waals surface area contributed by atoms with Gasteiger partial charge < -0.3 is 38.6 Å². The summed E-state index contributed by atoms with van der Waals surface area (Å²) in [5.41, 5.74) is 2.03. The average Bonchev–Trinajstić information content (AvgIpc) is 2.96. The van der Waals surface area contributed by atoms with E-state index in [9.17, 15) is 15.0 Å². The minimum Gasteiger partial charge on any atom is -0.497 e. The maximum absolute atomic E-state index is 12.6. The number of benzene rings is 3. The Hall–Kier alpha value is -3.47. The summed E-state index contributed by atoms with van der Waals surface area (Å²) in [6, 6.07) is 23.0. The predicted molar refractivity (Wildman–Crippen MR) is 137 cm³/mol. The third-order valence-electron chi connectivity index (χ3n) is 6.20. The molecule has 0 aromatic heterocycles. The lowest BCUT2D eigenvalue weighted by molar-refractivity contribution is -0.297. The van der Waals surface area contributed by atoms with Gasteiger partial charge in [-0.3, -0.25) is 0 Å². The van der Waals surface area contributed by atoms with Gasteiger partial charge in [-0.25, -0.2) is 4.79 Å². The molecule has 5 atom stereocenters. The van der Waals surface area contributed by atoms with E-state index < -0.39 is 36.7 Å². The number of carbonyl (C=O) groups is 1. The second-order valence-corrected chi connectivity index (χ2v) is 8.78. The smallest absolute Gasteiger partial charge is 0.338 e. The molecule has 9 nitrogen and oxygen atoms in total. The fourth-order valence-electron chi connectivity index (χ4n) is 4.07. The molecule has 202 valence electrons. The van der Waals surface area contributed by atoms with Crippen LogP contribution in [0.1, 0.15) is 21.5 Å². The molecule has 3 aromatic rings. The van der Waals surface area contributed by atoms with Crippen LogP contribution in [0, 0.1) is 0 Å². The van der Waals surface area contributed by atoms with E-state index in [0.29, 0.717) is 5.75 Å². The highest BCUT2D eigenvalue weighted by Gasteiger charge is 2.47. The Labute approximate surface area is 221 Å². The summed E-state index contributed by atoms with van der Waals surface area (Å²) in [5.74, 6) is 0.745. The molecule has 0 bridgehead atoms. The van der Waals surface area contributed by atoms with Crippen LogP contribution < -0.4 is 9.47 Å². The molecule has 0 unspecified atom stereocenters. The van der Waals surface area contributed by atoms with E-state index in [2.05, 4.69) is 0 Å². The van der Waals surface area contributed by atoms with Crippen molar-refractivity contribution in [2.45, 2.75) is 43.9 Å². The van der Waals surface area contributed by atoms with Gasteiger partial charge in [0, 0.05) is 0 Å². The summed E-state index contributed by atoms with van der Waals surface area (Å²) >= 11 is 0. The molecule has 3 aromatic carbocycles. The molecule has 4 rings (SSSR count). The van der Waals surface area contributed by atoms with Gasteiger partial charge in [-0.15, -0.1) is 0 Å². The number of carbonyl (C=O) groups excluding carboxylic acids is 1. The van der Waals surface area contributed by atoms with Gasteiger partial charge in [0.15, 0.2) is 12.4 Å². The Bertz CT molecular complexity index is 1130. The van der Waals surface area contributed by atoms with Crippen LogP contribution in [0.25, 0.3) is 0 Å². The van der Waals surface area contributed by atoms with Gasteiger partial charge in [-0.2, -0.15) is 0 Å². The van der Waals surface area contributed by atoms with Gasteiger partial charge >= 0.3 is 5.97 Å². The SMILES string of the molecule is COc1ccc(COC[C@H]2O[C@H](O)[C@@H](OC(=O)c3ccccc3)[C@@H](O)[C@@H]2OCc2ccc(OC)cc2)cc1. The van der Waals surface area contributed by atoms with Crippen LogP contribution in [0.5, 0.6) is 11.5 Å². The molecule has 0 spiro atoms. The van der Waals surface area contributed by atoms with Crippen molar-refractivity contribution in [1.29, 1.82) is 0 Å². The standard InChI is InChI=1S/C29H32O9/c1-33-22-12-8-19(9-13-22)16-35-18-24-26(36-17-20-10-14-23(34-2)15-11-20)25(30)27(29(32)37-24)38-28(31)21-6-4-3-5-7-21/h3-15,24-27,29-30,32H,16-18H2,1-2H3/t24-,25+,26-,27+,29+/m1/s1. The molecule has 1 aliphatic rings. The lowest BCUT2D eigenvalue weighted by atomic mass is 9.98. The number of rotatable bonds is 11. The molecule has 0 amide bonds. The Morgan fingerprint density at radius 2 is 1.37 bits per heavy atom. The van der Waals surface area contributed by atoms with Crippen molar-refractivity contribution in [2.24, 2.45) is 0 Å². The van der Waals surface area contributed by atoms with E-state index in [1.54, 1.807) is 56.7 Å². The molecule has 1 saturated heterocycles. The van der Waals surface area contributed by atoms with Gasteiger partial charge in [0.05, 0.1) is 39.6 Å². The number of methoxy groups -OCH3 is 2. The molecule has 0 aliphatic carbocycles. The van der Waals surface area contributed by atoms with E-state index in [-0.39, 0.29) is 25.4 Å². The first kappa shape index (κ1) is 27.6. The maximum atomic E-state index is 12.6. The first-order valence-corrected chi connectivity index (χ1v) is 12.2. The largest absolute Gasteiger partial charge is 0.497 e. The van der Waals surface area contributed by atoms with Crippen molar-refractivity contribution in [3.05, 3.63) is 95.6 Å². The highest BCUT2D eigenvalue weighted by molar-refractivity contribution is 5.89. The Morgan fingerprint density at radius 3 is 1.95 bits per heavy atom. The monoisotopic (exact) mass is 524 g/mol. The molecule has 1 fully saturated rings. The van der Waals surface area contributed by atoms with Crippen LogP contribution in [0.2, 0.25) is 0 Å². The molecule has 1 aliphatic heterocycles. The van der Waals surface area contributed by atoms with Crippen molar-refractivity contribution in [3.8, 4) is 11.5 Å². The number of hydrogen-bond donors (Lipinski definition) is 2. The van der Waals surface area contributed by atoms with Gasteiger partial charge in [-0.1, -0.05) is 42.5 Å². The molecule has 0 saturated carbocycles. The first-order valence-electron chi connectivity index (χ1n) is 12.2. The molecular weight excluding hydrogens is 492 g/mol. The second kappa shape index (κ2) is 13.4. The van der Waals surface area contributed by atoms with Crippen molar-refractivity contribution < 1.29 is 43.4 Å². The summed E-state index contributed by atoms with van der Waals surface area (Å²) in [6.45, 7) is 0.431. The number of hydrogen-bond acceptors (Lipinski definition) is 9. The molecular formula is C29H32O9. The van der Waals surface area contributed by atoms with E-state index >= 15 is 0 Å². The first-order chi connectivity index (χ1) is 18.5. The van der Waals surface area contributed by atoms with Crippen molar-refractivity contribution >= 4 is 5.97 Å². The summed E-state index contributed by atoms with van der Waals surface area (Å²) in [4.78, 5) is 12.6. The quantitative estimate of drug-likeness (QED) is 0.365. The highest BCUT2D eigenvalue weighted by atomic mass is 16.7. The lowest BCUT2D eigenvalue weighted by Crippen LogP contribution is -2.60. The Morgan fingerprint density at radius 1 is 0.789 bits per heavy atom. The van der Waals surface area contributed by atoms with Gasteiger partial charge in [0.1, 0.15) is 29.8 Å². The number of esters is 1. The fraction of sp³-hybridized carbons (Fsp3) is 0.345. The molecule has 9 heteroatoms. The van der Waals surface area contributed by atoms with Gasteiger partial charge in [0.25, 0.3) is 0 Å². The number of aliphatic hydroxyl groups is 2. The van der Waals surface area contributed by atoms with Crippen molar-refractivity contribution in [3.63, 3.8) is 0 Å². The van der Waals surface area contributed by atoms with Gasteiger partial charge in [-0.05, 0) is 47.5 Å². The van der Waals surface area contributed by atoms with E-state index in [1.165, 1.54) is 0 Å². The van der Waals surface area contributed by atoms with Crippen LogP contribution in [0.4, 0.5) is 0 Å².